The van der Waals surface area contributed by atoms with Gasteiger partial charge >= 0.3 is 0 Å². The molecule has 1 saturated heterocycles. The maximum absolute atomic E-state index is 5.92. The Morgan fingerprint density at radius 3 is 2.43 bits per heavy atom. The van der Waals surface area contributed by atoms with E-state index in [1.807, 2.05) is 48.7 Å². The largest absolute Gasteiger partial charge is 0.457 e. The van der Waals surface area contributed by atoms with Gasteiger partial charge in [-0.1, -0.05) is 18.2 Å². The molecule has 2 aromatic carbocycles. The van der Waals surface area contributed by atoms with Crippen LogP contribution in [-0.2, 0) is 0 Å². The highest BCUT2D eigenvalue weighted by atomic mass is 16.5. The third-order valence-corrected chi connectivity index (χ3v) is 6.37. The van der Waals surface area contributed by atoms with Crippen molar-refractivity contribution in [1.29, 1.82) is 0 Å². The molecule has 1 saturated carbocycles. The van der Waals surface area contributed by atoms with Gasteiger partial charge < -0.3 is 9.64 Å². The minimum Gasteiger partial charge on any atom is -0.457 e. The van der Waals surface area contributed by atoms with E-state index in [0.717, 1.165) is 33.8 Å². The first-order valence-electron chi connectivity index (χ1n) is 10.4. The fourth-order valence-corrected chi connectivity index (χ4v) is 5.12. The van der Waals surface area contributed by atoms with E-state index in [1.165, 1.54) is 25.9 Å². The number of para-hydroxylation sites is 1. The second-order valence-electron chi connectivity index (χ2n) is 8.73. The van der Waals surface area contributed by atoms with Gasteiger partial charge in [-0.05, 0) is 61.7 Å². The Morgan fingerprint density at radius 2 is 1.70 bits per heavy atom. The van der Waals surface area contributed by atoms with E-state index in [9.17, 15) is 0 Å². The van der Waals surface area contributed by atoms with Crippen molar-refractivity contribution in [1.82, 2.24) is 24.6 Å². The fourth-order valence-electron chi connectivity index (χ4n) is 5.12. The molecule has 2 fully saturated rings. The Labute approximate surface area is 175 Å². The molecular formula is C24H23N5O. The second-order valence-corrected chi connectivity index (χ2v) is 8.73. The molecule has 0 radical (unpaired) electrons. The molecule has 6 nitrogen and oxygen atoms in total. The standard InChI is InChI=1S/C24H23N5O/c1-28-14-24(15-28)11-18(12-24)29-23-21(13-25-16-26-23)22(27-29)17-7-9-20(10-8-17)30-19-5-3-2-4-6-19/h2-10,13,16,18H,11-12,14-15H2,1H3. The lowest BCUT2D eigenvalue weighted by Gasteiger charge is -2.58. The van der Waals surface area contributed by atoms with Crippen LogP contribution in [0, 0.1) is 5.41 Å². The third-order valence-electron chi connectivity index (χ3n) is 6.37. The van der Waals surface area contributed by atoms with E-state index >= 15 is 0 Å². The van der Waals surface area contributed by atoms with Crippen LogP contribution in [0.5, 0.6) is 11.5 Å². The van der Waals surface area contributed by atoms with Crippen molar-refractivity contribution in [3.05, 3.63) is 67.1 Å². The van der Waals surface area contributed by atoms with Crippen molar-refractivity contribution < 1.29 is 4.74 Å². The first kappa shape index (κ1) is 17.6. The second kappa shape index (κ2) is 6.64. The highest BCUT2D eigenvalue weighted by Gasteiger charge is 2.52. The fraction of sp³-hybridized carbons (Fsp3) is 0.292. The molecule has 0 unspecified atom stereocenters. The molecule has 6 heteroatoms. The summed E-state index contributed by atoms with van der Waals surface area (Å²) in [5.41, 5.74) is 3.41. The van der Waals surface area contributed by atoms with Crippen molar-refractivity contribution in [3.63, 3.8) is 0 Å². The lowest BCUT2D eigenvalue weighted by atomic mass is 9.61. The molecule has 1 aliphatic heterocycles. The van der Waals surface area contributed by atoms with Crippen molar-refractivity contribution >= 4 is 11.0 Å². The molecule has 30 heavy (non-hydrogen) atoms. The quantitative estimate of drug-likeness (QED) is 0.506. The van der Waals surface area contributed by atoms with E-state index < -0.39 is 0 Å². The monoisotopic (exact) mass is 397 g/mol. The summed E-state index contributed by atoms with van der Waals surface area (Å²) in [5, 5.41) is 6.00. The first-order chi connectivity index (χ1) is 14.7. The van der Waals surface area contributed by atoms with Crippen molar-refractivity contribution in [2.45, 2.75) is 18.9 Å². The maximum atomic E-state index is 5.92. The summed E-state index contributed by atoms with van der Waals surface area (Å²) >= 11 is 0. The van der Waals surface area contributed by atoms with Gasteiger partial charge in [0.25, 0.3) is 0 Å². The van der Waals surface area contributed by atoms with Gasteiger partial charge in [0.15, 0.2) is 5.65 Å². The Morgan fingerprint density at radius 1 is 0.967 bits per heavy atom. The minimum atomic E-state index is 0.422. The number of hydrogen-bond acceptors (Lipinski definition) is 5. The van der Waals surface area contributed by atoms with Crippen LogP contribution < -0.4 is 4.74 Å². The summed E-state index contributed by atoms with van der Waals surface area (Å²) in [5.74, 6) is 1.63. The topological polar surface area (TPSA) is 56.1 Å². The summed E-state index contributed by atoms with van der Waals surface area (Å²) in [7, 11) is 2.19. The van der Waals surface area contributed by atoms with Crippen molar-refractivity contribution in [3.8, 4) is 22.8 Å². The molecule has 2 aliphatic rings. The van der Waals surface area contributed by atoms with Gasteiger partial charge in [0.05, 0.1) is 11.4 Å². The van der Waals surface area contributed by atoms with Gasteiger partial charge in [0, 0.05) is 24.8 Å². The summed E-state index contributed by atoms with van der Waals surface area (Å²) in [6.07, 6.45) is 5.86. The van der Waals surface area contributed by atoms with Crippen LogP contribution in [-0.4, -0.2) is 44.8 Å². The number of likely N-dealkylation sites (tertiary alicyclic amines) is 1. The highest BCUT2D eigenvalue weighted by molar-refractivity contribution is 5.90. The Bertz CT molecular complexity index is 1190. The number of hydrogen-bond donors (Lipinski definition) is 0. The lowest BCUT2D eigenvalue weighted by molar-refractivity contribution is -0.0776. The maximum Gasteiger partial charge on any atom is 0.162 e. The summed E-state index contributed by atoms with van der Waals surface area (Å²) in [6.45, 7) is 2.40. The van der Waals surface area contributed by atoms with E-state index in [2.05, 4.69) is 38.7 Å². The van der Waals surface area contributed by atoms with Crippen LogP contribution in [0.4, 0.5) is 0 Å². The molecule has 0 N–H and O–H groups in total. The van der Waals surface area contributed by atoms with E-state index in [-0.39, 0.29) is 0 Å². The highest BCUT2D eigenvalue weighted by Crippen LogP contribution is 2.54. The number of ether oxygens (including phenoxy) is 1. The lowest BCUT2D eigenvalue weighted by Crippen LogP contribution is -2.60. The van der Waals surface area contributed by atoms with Crippen LogP contribution in [0.2, 0.25) is 0 Å². The summed E-state index contributed by atoms with van der Waals surface area (Å²) in [6, 6.07) is 18.3. The normalized spacial score (nSPS) is 18.3. The van der Waals surface area contributed by atoms with Gasteiger partial charge in [-0.25, -0.2) is 14.6 Å². The van der Waals surface area contributed by atoms with Crippen LogP contribution in [0.25, 0.3) is 22.3 Å². The average Bonchev–Trinajstić information content (AvgIpc) is 3.10. The zero-order valence-electron chi connectivity index (χ0n) is 16.9. The van der Waals surface area contributed by atoms with Gasteiger partial charge in [-0.2, -0.15) is 5.10 Å². The predicted octanol–water partition coefficient (Wildman–Crippen LogP) is 4.55. The summed E-state index contributed by atoms with van der Waals surface area (Å²) in [4.78, 5) is 11.2. The van der Waals surface area contributed by atoms with Gasteiger partial charge in [0.2, 0.25) is 0 Å². The number of aromatic nitrogens is 4. The van der Waals surface area contributed by atoms with Crippen LogP contribution in [0.15, 0.2) is 67.1 Å². The van der Waals surface area contributed by atoms with E-state index in [1.54, 1.807) is 6.33 Å². The average molecular weight is 397 g/mol. The third kappa shape index (κ3) is 2.87. The minimum absolute atomic E-state index is 0.422. The predicted molar refractivity (Wildman–Crippen MR) is 115 cm³/mol. The zero-order chi connectivity index (χ0) is 20.1. The number of rotatable bonds is 4. The summed E-state index contributed by atoms with van der Waals surface area (Å²) < 4.78 is 8.05. The van der Waals surface area contributed by atoms with E-state index in [4.69, 9.17) is 9.84 Å². The molecule has 4 aromatic rings. The Kier molecular flexibility index (Phi) is 3.89. The molecule has 3 heterocycles. The number of benzene rings is 2. The zero-order valence-corrected chi connectivity index (χ0v) is 16.9. The van der Waals surface area contributed by atoms with Crippen molar-refractivity contribution in [2.24, 2.45) is 5.41 Å². The molecule has 1 spiro atoms. The first-order valence-corrected chi connectivity index (χ1v) is 10.4. The van der Waals surface area contributed by atoms with Crippen LogP contribution >= 0.6 is 0 Å². The Balaban J connectivity index is 1.29. The van der Waals surface area contributed by atoms with Gasteiger partial charge in [-0.3, -0.25) is 0 Å². The number of nitrogens with zero attached hydrogens (tertiary/aromatic N) is 5. The molecule has 0 amide bonds. The number of fused-ring (bicyclic) bond motifs is 1. The van der Waals surface area contributed by atoms with Gasteiger partial charge in [0.1, 0.15) is 23.5 Å². The molecule has 1 aliphatic carbocycles. The molecule has 2 aromatic heterocycles. The van der Waals surface area contributed by atoms with Crippen LogP contribution in [0.3, 0.4) is 0 Å². The SMILES string of the molecule is CN1CC2(CC(n3nc(-c4ccc(Oc5ccccc5)cc4)c4cncnc43)C2)C1. The smallest absolute Gasteiger partial charge is 0.162 e. The molecule has 150 valence electrons. The molecule has 0 bridgehead atoms. The van der Waals surface area contributed by atoms with E-state index in [0.29, 0.717) is 11.5 Å². The molecular weight excluding hydrogens is 374 g/mol. The van der Waals surface area contributed by atoms with Crippen LogP contribution in [0.1, 0.15) is 18.9 Å². The van der Waals surface area contributed by atoms with Crippen molar-refractivity contribution in [2.75, 3.05) is 20.1 Å². The molecule has 0 atom stereocenters. The van der Waals surface area contributed by atoms with Gasteiger partial charge in [-0.15, -0.1) is 0 Å². The Hall–Kier alpha value is -3.25. The molecule has 6 rings (SSSR count).